The van der Waals surface area contributed by atoms with Crippen molar-refractivity contribution in [2.45, 2.75) is 13.0 Å². The van der Waals surface area contributed by atoms with Gasteiger partial charge in [0.15, 0.2) is 5.78 Å². The van der Waals surface area contributed by atoms with Crippen LogP contribution in [0.3, 0.4) is 0 Å². The average molecular weight is 314 g/mol. The maximum absolute atomic E-state index is 12.4. The molecule has 0 saturated heterocycles. The normalized spacial score (nSPS) is 11.7. The van der Waals surface area contributed by atoms with E-state index < -0.39 is 4.92 Å². The highest BCUT2D eigenvalue weighted by atomic mass is 16.6. The fourth-order valence-electron chi connectivity index (χ4n) is 2.26. The molecule has 2 aromatic rings. The molecule has 0 aromatic heterocycles. The number of nitrogens with zero attached hydrogens (tertiary/aromatic N) is 1. The third kappa shape index (κ3) is 4.14. The lowest BCUT2D eigenvalue weighted by Gasteiger charge is -2.14. The molecule has 0 amide bonds. The maximum Gasteiger partial charge on any atom is 0.293 e. The molecule has 0 spiro atoms. The first kappa shape index (κ1) is 16.6. The van der Waals surface area contributed by atoms with Crippen molar-refractivity contribution in [1.29, 1.82) is 0 Å². The Balaban J connectivity index is 2.32. The van der Waals surface area contributed by atoms with Gasteiger partial charge in [-0.15, -0.1) is 0 Å². The molecule has 120 valence electrons. The van der Waals surface area contributed by atoms with Crippen LogP contribution in [-0.4, -0.2) is 30.5 Å². The molecule has 0 aliphatic carbocycles. The third-order valence-electron chi connectivity index (χ3n) is 3.31. The fourth-order valence-corrected chi connectivity index (χ4v) is 2.26. The highest BCUT2D eigenvalue weighted by molar-refractivity contribution is 6.09. The number of anilines is 1. The lowest BCUT2D eigenvalue weighted by atomic mass is 10.0. The molecule has 6 nitrogen and oxygen atoms in total. The zero-order chi connectivity index (χ0) is 16.8. The van der Waals surface area contributed by atoms with Crippen molar-refractivity contribution in [2.75, 3.05) is 19.0 Å². The molecule has 0 heterocycles. The van der Waals surface area contributed by atoms with E-state index in [0.29, 0.717) is 17.9 Å². The summed E-state index contributed by atoms with van der Waals surface area (Å²) < 4.78 is 5.01. The predicted octanol–water partition coefficient (Wildman–Crippen LogP) is 3.27. The van der Waals surface area contributed by atoms with E-state index in [0.717, 1.165) is 0 Å². The van der Waals surface area contributed by atoms with Gasteiger partial charge < -0.3 is 10.1 Å². The number of hydrogen-bond donors (Lipinski definition) is 1. The van der Waals surface area contributed by atoms with Gasteiger partial charge in [0.2, 0.25) is 0 Å². The average Bonchev–Trinajstić information content (AvgIpc) is 2.55. The largest absolute Gasteiger partial charge is 0.383 e. The summed E-state index contributed by atoms with van der Waals surface area (Å²) >= 11 is 0. The molecule has 1 atom stereocenters. The van der Waals surface area contributed by atoms with Crippen LogP contribution in [0.25, 0.3) is 0 Å². The van der Waals surface area contributed by atoms with Crippen molar-refractivity contribution in [2.24, 2.45) is 0 Å². The van der Waals surface area contributed by atoms with E-state index >= 15 is 0 Å². The van der Waals surface area contributed by atoms with E-state index in [4.69, 9.17) is 4.74 Å². The summed E-state index contributed by atoms with van der Waals surface area (Å²) in [5.74, 6) is -0.245. The van der Waals surface area contributed by atoms with Gasteiger partial charge in [0.05, 0.1) is 11.5 Å². The monoisotopic (exact) mass is 314 g/mol. The topological polar surface area (TPSA) is 81.5 Å². The van der Waals surface area contributed by atoms with Gasteiger partial charge in [-0.3, -0.25) is 14.9 Å². The number of carbonyl (C=O) groups is 1. The van der Waals surface area contributed by atoms with Crippen molar-refractivity contribution in [3.8, 4) is 0 Å². The lowest BCUT2D eigenvalue weighted by molar-refractivity contribution is -0.384. The molecular formula is C17H18N2O4. The smallest absolute Gasteiger partial charge is 0.293 e. The van der Waals surface area contributed by atoms with Crippen LogP contribution in [0.5, 0.6) is 0 Å². The quantitative estimate of drug-likeness (QED) is 0.482. The van der Waals surface area contributed by atoms with Gasteiger partial charge in [0, 0.05) is 30.3 Å². The van der Waals surface area contributed by atoms with E-state index in [9.17, 15) is 14.9 Å². The first-order valence-corrected chi connectivity index (χ1v) is 7.16. The van der Waals surface area contributed by atoms with Gasteiger partial charge in [-0.2, -0.15) is 0 Å². The molecule has 0 fully saturated rings. The molecule has 0 aliphatic rings. The van der Waals surface area contributed by atoms with Crippen molar-refractivity contribution in [1.82, 2.24) is 0 Å². The molecule has 2 aromatic carbocycles. The third-order valence-corrected chi connectivity index (χ3v) is 3.31. The second kappa shape index (κ2) is 7.51. The molecule has 1 N–H and O–H groups in total. The van der Waals surface area contributed by atoms with E-state index in [-0.39, 0.29) is 23.1 Å². The van der Waals surface area contributed by atoms with Crippen LogP contribution in [0.2, 0.25) is 0 Å². The molecule has 0 unspecified atom stereocenters. The standard InChI is InChI=1S/C17H18N2O4/c1-12(11-23-2)18-15-9-8-14(10-16(15)19(21)22)17(20)13-6-4-3-5-7-13/h3-10,12,18H,11H2,1-2H3/t12-/m1/s1. The molecule has 6 heteroatoms. The Labute approximate surface area is 134 Å². The predicted molar refractivity (Wildman–Crippen MR) is 87.9 cm³/mol. The van der Waals surface area contributed by atoms with Crippen molar-refractivity contribution in [3.05, 3.63) is 69.8 Å². The molecule has 0 bridgehead atoms. The van der Waals surface area contributed by atoms with Crippen molar-refractivity contribution < 1.29 is 14.5 Å². The minimum Gasteiger partial charge on any atom is -0.383 e. The van der Waals surface area contributed by atoms with Crippen LogP contribution in [0.4, 0.5) is 11.4 Å². The number of carbonyl (C=O) groups excluding carboxylic acids is 1. The Hall–Kier alpha value is -2.73. The number of rotatable bonds is 7. The summed E-state index contributed by atoms with van der Waals surface area (Å²) in [5, 5.41) is 14.3. The van der Waals surface area contributed by atoms with Gasteiger partial charge >= 0.3 is 0 Å². The summed E-state index contributed by atoms with van der Waals surface area (Å²) in [6, 6.07) is 13.0. The van der Waals surface area contributed by atoms with Crippen LogP contribution in [0.15, 0.2) is 48.5 Å². The van der Waals surface area contributed by atoms with Crippen molar-refractivity contribution in [3.63, 3.8) is 0 Å². The van der Waals surface area contributed by atoms with Gasteiger partial charge in [0.25, 0.3) is 5.69 Å². The zero-order valence-electron chi connectivity index (χ0n) is 13.0. The van der Waals surface area contributed by atoms with E-state index in [2.05, 4.69) is 5.32 Å². The Morgan fingerprint density at radius 1 is 1.22 bits per heavy atom. The maximum atomic E-state index is 12.4. The number of hydrogen-bond acceptors (Lipinski definition) is 5. The van der Waals surface area contributed by atoms with Crippen LogP contribution in [-0.2, 0) is 4.74 Å². The number of nitro benzene ring substituents is 1. The van der Waals surface area contributed by atoms with Crippen LogP contribution >= 0.6 is 0 Å². The molecule has 0 saturated carbocycles. The SMILES string of the molecule is COC[C@@H](C)Nc1ccc(C(=O)c2ccccc2)cc1[N+](=O)[O-]. The number of nitro groups is 1. The van der Waals surface area contributed by atoms with Crippen LogP contribution < -0.4 is 5.32 Å². The molecular weight excluding hydrogens is 296 g/mol. The highest BCUT2D eigenvalue weighted by Crippen LogP contribution is 2.27. The van der Waals surface area contributed by atoms with E-state index in [1.54, 1.807) is 43.5 Å². The second-order valence-electron chi connectivity index (χ2n) is 5.18. The Kier molecular flexibility index (Phi) is 5.43. The van der Waals surface area contributed by atoms with Gasteiger partial charge in [-0.1, -0.05) is 30.3 Å². The Bertz CT molecular complexity index is 701. The first-order valence-electron chi connectivity index (χ1n) is 7.16. The molecule has 2 rings (SSSR count). The summed E-state index contributed by atoms with van der Waals surface area (Å²) in [6.45, 7) is 2.28. The van der Waals surface area contributed by atoms with Crippen LogP contribution in [0.1, 0.15) is 22.8 Å². The number of nitrogens with one attached hydrogen (secondary N) is 1. The minimum atomic E-state index is -0.496. The number of ether oxygens (including phenoxy) is 1. The zero-order valence-corrected chi connectivity index (χ0v) is 13.0. The summed E-state index contributed by atoms with van der Waals surface area (Å²) in [7, 11) is 1.56. The molecule has 0 aliphatic heterocycles. The molecule has 0 radical (unpaired) electrons. The summed E-state index contributed by atoms with van der Waals surface area (Å²) in [4.78, 5) is 23.2. The second-order valence-corrected chi connectivity index (χ2v) is 5.18. The van der Waals surface area contributed by atoms with E-state index in [1.807, 2.05) is 13.0 Å². The van der Waals surface area contributed by atoms with Crippen LogP contribution in [0, 0.1) is 10.1 Å². The van der Waals surface area contributed by atoms with Gasteiger partial charge in [0.1, 0.15) is 5.69 Å². The Morgan fingerprint density at radius 2 is 1.91 bits per heavy atom. The number of methoxy groups -OCH3 is 1. The minimum absolute atomic E-state index is 0.0885. The fraction of sp³-hybridized carbons (Fsp3) is 0.235. The summed E-state index contributed by atoms with van der Waals surface area (Å²) in [6.07, 6.45) is 0. The van der Waals surface area contributed by atoms with Gasteiger partial charge in [-0.25, -0.2) is 0 Å². The number of ketones is 1. The van der Waals surface area contributed by atoms with Gasteiger partial charge in [-0.05, 0) is 19.1 Å². The molecule has 23 heavy (non-hydrogen) atoms. The number of benzene rings is 2. The van der Waals surface area contributed by atoms with Crippen molar-refractivity contribution >= 4 is 17.2 Å². The first-order chi connectivity index (χ1) is 11.0. The summed E-state index contributed by atoms with van der Waals surface area (Å²) in [5.41, 5.74) is 1.02. The lowest BCUT2D eigenvalue weighted by Crippen LogP contribution is -2.21. The van der Waals surface area contributed by atoms with E-state index in [1.165, 1.54) is 6.07 Å². The Morgan fingerprint density at radius 3 is 2.52 bits per heavy atom. The highest BCUT2D eigenvalue weighted by Gasteiger charge is 2.19.